The Hall–Kier alpha value is -3.21. The summed E-state index contributed by atoms with van der Waals surface area (Å²) < 4.78 is 1.68. The Balaban J connectivity index is 1.90. The van der Waals surface area contributed by atoms with Crippen molar-refractivity contribution in [2.45, 2.75) is 19.9 Å². The molecule has 5 nitrogen and oxygen atoms in total. The molecule has 0 saturated heterocycles. The van der Waals surface area contributed by atoms with Crippen molar-refractivity contribution < 1.29 is 4.79 Å². The summed E-state index contributed by atoms with van der Waals surface area (Å²) in [5.41, 5.74) is 9.45. The van der Waals surface area contributed by atoms with Crippen LogP contribution in [0.15, 0.2) is 47.3 Å². The Morgan fingerprint density at radius 2 is 2.04 bits per heavy atom. The van der Waals surface area contributed by atoms with Crippen LogP contribution in [0.1, 0.15) is 33.7 Å². The van der Waals surface area contributed by atoms with Gasteiger partial charge in [0.15, 0.2) is 0 Å². The number of rotatable bonds is 2. The molecule has 1 amide bonds. The zero-order chi connectivity index (χ0) is 17.6. The van der Waals surface area contributed by atoms with E-state index in [4.69, 9.17) is 5.73 Å². The van der Waals surface area contributed by atoms with E-state index < -0.39 is 5.91 Å². The summed E-state index contributed by atoms with van der Waals surface area (Å²) in [6.07, 6.45) is 2.86. The van der Waals surface area contributed by atoms with Gasteiger partial charge in [-0.15, -0.1) is 0 Å². The van der Waals surface area contributed by atoms with Crippen molar-refractivity contribution in [1.82, 2.24) is 9.55 Å². The van der Waals surface area contributed by atoms with Crippen LogP contribution in [0.5, 0.6) is 0 Å². The Bertz CT molecular complexity index is 1110. The minimum absolute atomic E-state index is 0.128. The maximum Gasteiger partial charge on any atom is 0.261 e. The lowest BCUT2D eigenvalue weighted by Crippen LogP contribution is -2.21. The Morgan fingerprint density at radius 1 is 1.24 bits per heavy atom. The van der Waals surface area contributed by atoms with Crippen molar-refractivity contribution in [2.75, 3.05) is 0 Å². The molecule has 0 aliphatic carbocycles. The van der Waals surface area contributed by atoms with Crippen molar-refractivity contribution in [3.05, 3.63) is 75.3 Å². The maximum atomic E-state index is 12.8. The number of carbonyl (C=O) groups is 1. The van der Waals surface area contributed by atoms with Crippen LogP contribution >= 0.6 is 0 Å². The molecule has 0 unspecified atom stereocenters. The minimum Gasteiger partial charge on any atom is -0.366 e. The quantitative estimate of drug-likeness (QED) is 0.784. The van der Waals surface area contributed by atoms with Crippen LogP contribution in [0.25, 0.3) is 22.6 Å². The summed E-state index contributed by atoms with van der Waals surface area (Å²) in [5, 5.41) is 0.428. The number of aryl methyl sites for hydroxylation is 1. The molecule has 5 heteroatoms. The first-order valence-electron chi connectivity index (χ1n) is 8.15. The van der Waals surface area contributed by atoms with E-state index in [9.17, 15) is 9.59 Å². The predicted octanol–water partition coefficient (Wildman–Crippen LogP) is 2.75. The first-order chi connectivity index (χ1) is 12.0. The van der Waals surface area contributed by atoms with E-state index in [-0.39, 0.29) is 5.56 Å². The summed E-state index contributed by atoms with van der Waals surface area (Å²) >= 11 is 0. The maximum absolute atomic E-state index is 12.8. The van der Waals surface area contributed by atoms with Gasteiger partial charge < -0.3 is 5.73 Å². The fourth-order valence-electron chi connectivity index (χ4n) is 3.24. The fraction of sp³-hybridized carbons (Fsp3) is 0.150. The van der Waals surface area contributed by atoms with Gasteiger partial charge in [0.2, 0.25) is 5.91 Å². The summed E-state index contributed by atoms with van der Waals surface area (Å²) in [5.74, 6) is 0.152. The van der Waals surface area contributed by atoms with Gasteiger partial charge in [-0.1, -0.05) is 24.3 Å². The van der Waals surface area contributed by atoms with E-state index in [1.807, 2.05) is 12.1 Å². The summed E-state index contributed by atoms with van der Waals surface area (Å²) in [7, 11) is 0. The molecule has 3 aromatic rings. The van der Waals surface area contributed by atoms with E-state index in [0.717, 1.165) is 17.6 Å². The second kappa shape index (κ2) is 5.70. The van der Waals surface area contributed by atoms with Gasteiger partial charge in [-0.05, 0) is 54.3 Å². The van der Waals surface area contributed by atoms with Gasteiger partial charge in [-0.2, -0.15) is 0 Å². The van der Waals surface area contributed by atoms with Crippen molar-refractivity contribution >= 4 is 28.5 Å². The lowest BCUT2D eigenvalue weighted by Gasteiger charge is -2.07. The highest BCUT2D eigenvalue weighted by Crippen LogP contribution is 2.28. The van der Waals surface area contributed by atoms with E-state index in [1.54, 1.807) is 16.7 Å². The number of allylic oxidation sites excluding steroid dienone is 1. The molecule has 124 valence electrons. The van der Waals surface area contributed by atoms with Crippen LogP contribution in [-0.4, -0.2) is 15.5 Å². The van der Waals surface area contributed by atoms with E-state index in [2.05, 4.69) is 30.1 Å². The molecular formula is C20H17N3O2. The molecular weight excluding hydrogens is 314 g/mol. The van der Waals surface area contributed by atoms with E-state index in [1.165, 1.54) is 11.6 Å². The summed E-state index contributed by atoms with van der Waals surface area (Å²) in [6.45, 7) is 2.66. The van der Waals surface area contributed by atoms with Gasteiger partial charge in [0.25, 0.3) is 5.56 Å². The third-order valence-corrected chi connectivity index (χ3v) is 4.65. The molecule has 2 heterocycles. The van der Waals surface area contributed by atoms with Gasteiger partial charge in [-0.25, -0.2) is 4.98 Å². The average Bonchev–Trinajstić information content (AvgIpc) is 3.00. The van der Waals surface area contributed by atoms with Gasteiger partial charge in [0.1, 0.15) is 5.82 Å². The SMILES string of the molecule is Cc1ccccc1/C=C1\CCn2c1nc1ccc(C(N)=O)cc1c2=O. The molecule has 0 fully saturated rings. The van der Waals surface area contributed by atoms with Crippen LogP contribution in [0.3, 0.4) is 0 Å². The highest BCUT2D eigenvalue weighted by molar-refractivity contribution is 5.97. The zero-order valence-electron chi connectivity index (χ0n) is 13.8. The third-order valence-electron chi connectivity index (χ3n) is 4.65. The standard InChI is InChI=1S/C20H17N3O2/c1-12-4-2-3-5-13(12)10-15-8-9-23-19(15)22-17-7-6-14(18(21)24)11-16(17)20(23)25/h2-7,10-11H,8-9H2,1H3,(H2,21,24)/b15-10+. The first-order valence-corrected chi connectivity index (χ1v) is 8.15. The molecule has 25 heavy (non-hydrogen) atoms. The van der Waals surface area contributed by atoms with Crippen LogP contribution < -0.4 is 11.3 Å². The number of fused-ring (bicyclic) bond motifs is 2. The molecule has 0 radical (unpaired) electrons. The van der Waals surface area contributed by atoms with Gasteiger partial charge in [0, 0.05) is 12.1 Å². The van der Waals surface area contributed by atoms with Crippen LogP contribution in [0.4, 0.5) is 0 Å². The number of nitrogens with zero attached hydrogens (tertiary/aromatic N) is 2. The number of amides is 1. The first kappa shape index (κ1) is 15.3. The van der Waals surface area contributed by atoms with E-state index >= 15 is 0 Å². The average molecular weight is 331 g/mol. The van der Waals surface area contributed by atoms with Crippen LogP contribution in [-0.2, 0) is 6.54 Å². The molecule has 0 atom stereocenters. The second-order valence-electron chi connectivity index (χ2n) is 6.26. The fourth-order valence-corrected chi connectivity index (χ4v) is 3.24. The summed E-state index contributed by atoms with van der Waals surface area (Å²) in [6, 6.07) is 12.9. The number of carbonyl (C=O) groups excluding carboxylic acids is 1. The molecule has 1 aliphatic heterocycles. The largest absolute Gasteiger partial charge is 0.366 e. The van der Waals surface area contributed by atoms with Crippen molar-refractivity contribution in [3.8, 4) is 0 Å². The van der Waals surface area contributed by atoms with E-state index in [0.29, 0.717) is 28.8 Å². The van der Waals surface area contributed by atoms with Crippen molar-refractivity contribution in [1.29, 1.82) is 0 Å². The molecule has 2 N–H and O–H groups in total. The van der Waals surface area contributed by atoms with Gasteiger partial charge in [0.05, 0.1) is 10.9 Å². The van der Waals surface area contributed by atoms with Crippen molar-refractivity contribution in [2.24, 2.45) is 5.73 Å². The second-order valence-corrected chi connectivity index (χ2v) is 6.26. The van der Waals surface area contributed by atoms with Crippen molar-refractivity contribution in [3.63, 3.8) is 0 Å². The normalized spacial score (nSPS) is 14.8. The molecule has 1 aromatic heterocycles. The smallest absolute Gasteiger partial charge is 0.261 e. The summed E-state index contributed by atoms with van der Waals surface area (Å²) in [4.78, 5) is 28.8. The number of hydrogen-bond donors (Lipinski definition) is 1. The molecule has 0 spiro atoms. The molecule has 1 aliphatic rings. The molecule has 2 aromatic carbocycles. The number of benzene rings is 2. The Kier molecular flexibility index (Phi) is 3.50. The van der Waals surface area contributed by atoms with Crippen LogP contribution in [0.2, 0.25) is 0 Å². The molecule has 0 saturated carbocycles. The predicted molar refractivity (Wildman–Crippen MR) is 98.2 cm³/mol. The number of primary amides is 1. The minimum atomic E-state index is -0.549. The molecule has 0 bridgehead atoms. The van der Waals surface area contributed by atoms with Gasteiger partial charge in [-0.3, -0.25) is 14.2 Å². The zero-order valence-corrected chi connectivity index (χ0v) is 13.8. The topological polar surface area (TPSA) is 78.0 Å². The third kappa shape index (κ3) is 2.54. The number of hydrogen-bond acceptors (Lipinski definition) is 3. The van der Waals surface area contributed by atoms with Gasteiger partial charge >= 0.3 is 0 Å². The number of nitrogens with two attached hydrogens (primary N) is 1. The highest BCUT2D eigenvalue weighted by atomic mass is 16.1. The number of aromatic nitrogens is 2. The monoisotopic (exact) mass is 331 g/mol. The molecule has 4 rings (SSSR count). The lowest BCUT2D eigenvalue weighted by molar-refractivity contribution is 0.100. The van der Waals surface area contributed by atoms with Crippen LogP contribution in [0, 0.1) is 6.92 Å². The highest BCUT2D eigenvalue weighted by Gasteiger charge is 2.21. The Morgan fingerprint density at radius 3 is 2.80 bits per heavy atom. The lowest BCUT2D eigenvalue weighted by atomic mass is 10.0. The Labute approximate surface area is 144 Å².